The van der Waals surface area contributed by atoms with Crippen molar-refractivity contribution in [3.05, 3.63) is 53.7 Å². The van der Waals surface area contributed by atoms with Gasteiger partial charge in [0.25, 0.3) is 0 Å². The topological polar surface area (TPSA) is 26.0 Å². The molecule has 1 aromatic rings. The van der Waals surface area contributed by atoms with Crippen LogP contribution in [0.1, 0.15) is 25.0 Å². The van der Waals surface area contributed by atoms with Gasteiger partial charge in [0, 0.05) is 9.12 Å². The molecule has 0 heterocycles. The summed E-state index contributed by atoms with van der Waals surface area (Å²) < 4.78 is 0.0370. The van der Waals surface area contributed by atoms with Crippen molar-refractivity contribution < 1.29 is 0 Å². The van der Waals surface area contributed by atoms with Crippen LogP contribution < -0.4 is 5.73 Å². The largest absolute Gasteiger partial charge is 0.399 e. The van der Waals surface area contributed by atoms with Gasteiger partial charge in [-0.1, -0.05) is 59.0 Å². The molecule has 1 rings (SSSR count). The van der Waals surface area contributed by atoms with E-state index in [4.69, 9.17) is 5.73 Å². The number of benzene rings is 1. The van der Waals surface area contributed by atoms with E-state index < -0.39 is 0 Å². The van der Waals surface area contributed by atoms with Crippen LogP contribution in [-0.2, 0) is 0 Å². The Labute approximate surface area is 112 Å². The molecule has 0 spiro atoms. The van der Waals surface area contributed by atoms with E-state index in [1.54, 1.807) is 0 Å². The molecule has 0 saturated carbocycles. The number of nitrogens with two attached hydrogens (primary N) is 1. The molecule has 0 amide bonds. The highest BCUT2D eigenvalue weighted by atomic mass is 127. The van der Waals surface area contributed by atoms with Crippen LogP contribution in [0.2, 0.25) is 0 Å². The van der Waals surface area contributed by atoms with Gasteiger partial charge in [-0.3, -0.25) is 0 Å². The molecule has 0 unspecified atom stereocenters. The fraction of sp³-hybridized carbons (Fsp3) is 0.286. The average Bonchev–Trinajstić information content (AvgIpc) is 2.14. The summed E-state index contributed by atoms with van der Waals surface area (Å²) >= 11 is 2.42. The van der Waals surface area contributed by atoms with Gasteiger partial charge in [0.1, 0.15) is 0 Å². The molecule has 0 fully saturated rings. The molecule has 16 heavy (non-hydrogen) atoms. The highest BCUT2D eigenvalue weighted by Gasteiger charge is 2.20. The number of halogens is 1. The van der Waals surface area contributed by atoms with Crippen LogP contribution in [0, 0.1) is 6.92 Å². The summed E-state index contributed by atoms with van der Waals surface area (Å²) in [7, 11) is 0. The molecular weight excluding hydrogens is 309 g/mol. The second-order valence-electron chi connectivity index (χ2n) is 4.47. The first kappa shape index (κ1) is 13.3. The normalized spacial score (nSPS) is 12.6. The molecule has 0 aliphatic carbocycles. The molecule has 0 aromatic heterocycles. The molecule has 2 N–H and O–H groups in total. The van der Waals surface area contributed by atoms with Gasteiger partial charge in [-0.15, -0.1) is 0 Å². The van der Waals surface area contributed by atoms with E-state index in [2.05, 4.69) is 74.2 Å². The third kappa shape index (κ3) is 3.67. The Morgan fingerprint density at radius 1 is 1.31 bits per heavy atom. The molecular formula is C14H18IN. The quantitative estimate of drug-likeness (QED) is 0.506. The zero-order valence-corrected chi connectivity index (χ0v) is 12.2. The van der Waals surface area contributed by atoms with Gasteiger partial charge >= 0.3 is 0 Å². The maximum absolute atomic E-state index is 5.68. The lowest BCUT2D eigenvalue weighted by Gasteiger charge is -2.22. The van der Waals surface area contributed by atoms with Gasteiger partial charge in [0.15, 0.2) is 0 Å². The van der Waals surface area contributed by atoms with Gasteiger partial charge in [-0.25, -0.2) is 0 Å². The minimum absolute atomic E-state index is 0.0370. The van der Waals surface area contributed by atoms with E-state index in [1.807, 2.05) is 6.08 Å². The molecule has 0 aliphatic rings. The van der Waals surface area contributed by atoms with Crippen LogP contribution in [0.3, 0.4) is 0 Å². The molecule has 0 aliphatic heterocycles. The van der Waals surface area contributed by atoms with Crippen molar-refractivity contribution in [2.24, 2.45) is 5.73 Å². The van der Waals surface area contributed by atoms with E-state index in [1.165, 1.54) is 16.7 Å². The molecule has 0 radical (unpaired) electrons. The van der Waals surface area contributed by atoms with Gasteiger partial charge in [0.05, 0.1) is 0 Å². The highest BCUT2D eigenvalue weighted by molar-refractivity contribution is 14.1. The van der Waals surface area contributed by atoms with Crippen LogP contribution in [0.5, 0.6) is 0 Å². The fourth-order valence-corrected chi connectivity index (χ4v) is 1.98. The fourth-order valence-electron chi connectivity index (χ4n) is 1.52. The van der Waals surface area contributed by atoms with Gasteiger partial charge in [0.2, 0.25) is 0 Å². The predicted molar refractivity (Wildman–Crippen MR) is 80.6 cm³/mol. The Hall–Kier alpha value is -0.770. The average molecular weight is 327 g/mol. The molecule has 2 heteroatoms. The molecule has 0 bridgehead atoms. The summed E-state index contributed by atoms with van der Waals surface area (Å²) in [6.07, 6.45) is 1.96. The summed E-state index contributed by atoms with van der Waals surface area (Å²) in [5, 5.41) is 0. The monoisotopic (exact) mass is 327 g/mol. The summed E-state index contributed by atoms with van der Waals surface area (Å²) in [5.41, 5.74) is 9.96. The number of rotatable bonds is 3. The van der Waals surface area contributed by atoms with Crippen molar-refractivity contribution in [3.63, 3.8) is 0 Å². The van der Waals surface area contributed by atoms with E-state index in [0.717, 1.165) is 0 Å². The second kappa shape index (κ2) is 5.04. The predicted octanol–water partition coefficient (Wildman–Crippen LogP) is 4.06. The third-order valence-electron chi connectivity index (χ3n) is 2.33. The minimum Gasteiger partial charge on any atom is -0.399 e. The Balaban J connectivity index is 3.23. The number of hydrogen-bond acceptors (Lipinski definition) is 1. The number of hydrogen-bond donors (Lipinski definition) is 1. The molecule has 1 aromatic carbocycles. The smallest absolute Gasteiger partial charge is 0.0420 e. The second-order valence-corrected chi connectivity index (χ2v) is 7.17. The molecule has 1 nitrogen and oxygen atoms in total. The summed E-state index contributed by atoms with van der Waals surface area (Å²) in [6, 6.07) is 8.49. The zero-order valence-electron chi connectivity index (χ0n) is 10.0. The van der Waals surface area contributed by atoms with Crippen LogP contribution >= 0.6 is 22.6 Å². The van der Waals surface area contributed by atoms with Crippen LogP contribution in [0.15, 0.2) is 42.6 Å². The maximum atomic E-state index is 5.68. The van der Waals surface area contributed by atoms with Crippen LogP contribution in [0.4, 0.5) is 0 Å². The van der Waals surface area contributed by atoms with E-state index in [-0.39, 0.29) is 3.42 Å². The summed E-state index contributed by atoms with van der Waals surface area (Å²) in [4.78, 5) is 0. The van der Waals surface area contributed by atoms with Crippen molar-refractivity contribution in [2.75, 3.05) is 0 Å². The van der Waals surface area contributed by atoms with Crippen molar-refractivity contribution in [2.45, 2.75) is 24.2 Å². The molecule has 0 saturated heterocycles. The van der Waals surface area contributed by atoms with Gasteiger partial charge in [-0.2, -0.15) is 0 Å². The number of allylic oxidation sites excluding steroid dienone is 2. The zero-order chi connectivity index (χ0) is 12.3. The van der Waals surface area contributed by atoms with Crippen LogP contribution in [-0.4, -0.2) is 3.42 Å². The first-order valence-corrected chi connectivity index (χ1v) is 6.31. The molecule has 0 atom stereocenters. The lowest BCUT2D eigenvalue weighted by molar-refractivity contribution is 0.964. The SMILES string of the molecule is C=C(N)/C=C(/c1ccc(C)cc1)C(C)(C)I. The first-order valence-electron chi connectivity index (χ1n) is 5.23. The minimum atomic E-state index is 0.0370. The van der Waals surface area contributed by atoms with Gasteiger partial charge < -0.3 is 5.73 Å². The first-order chi connectivity index (χ1) is 7.30. The number of alkyl halides is 1. The number of aryl methyl sites for hydroxylation is 1. The summed E-state index contributed by atoms with van der Waals surface area (Å²) in [5.74, 6) is 0. The van der Waals surface area contributed by atoms with E-state index in [0.29, 0.717) is 5.70 Å². The Bertz CT molecular complexity index is 407. The Morgan fingerprint density at radius 2 is 1.81 bits per heavy atom. The van der Waals surface area contributed by atoms with Crippen molar-refractivity contribution in [3.8, 4) is 0 Å². The van der Waals surface area contributed by atoms with E-state index >= 15 is 0 Å². The van der Waals surface area contributed by atoms with Gasteiger partial charge in [-0.05, 0) is 38.0 Å². The molecule has 86 valence electrons. The lowest BCUT2D eigenvalue weighted by Crippen LogP contribution is -2.13. The lowest BCUT2D eigenvalue weighted by atomic mass is 9.94. The highest BCUT2D eigenvalue weighted by Crippen LogP contribution is 2.35. The Morgan fingerprint density at radius 3 is 2.19 bits per heavy atom. The standard InChI is InChI=1S/C14H18IN/c1-10-5-7-12(8-6-10)13(9-11(2)16)14(3,4)15/h5-9H,2,16H2,1,3-4H3/b13-9-. The third-order valence-corrected chi connectivity index (χ3v) is 2.91. The Kier molecular flexibility index (Phi) is 4.19. The summed E-state index contributed by atoms with van der Waals surface area (Å²) in [6.45, 7) is 10.2. The van der Waals surface area contributed by atoms with Crippen molar-refractivity contribution in [1.82, 2.24) is 0 Å². The van der Waals surface area contributed by atoms with Crippen molar-refractivity contribution >= 4 is 28.2 Å². The van der Waals surface area contributed by atoms with Crippen molar-refractivity contribution in [1.29, 1.82) is 0 Å². The van der Waals surface area contributed by atoms with E-state index in [9.17, 15) is 0 Å². The van der Waals surface area contributed by atoms with Crippen LogP contribution in [0.25, 0.3) is 5.57 Å². The maximum Gasteiger partial charge on any atom is 0.0420 e.